The minimum Gasteiger partial charge on any atom is -0.497 e. The molecule has 0 saturated heterocycles. The molecule has 0 spiro atoms. The van der Waals surface area contributed by atoms with Crippen LogP contribution in [0.3, 0.4) is 0 Å². The van der Waals surface area contributed by atoms with Gasteiger partial charge in [-0.05, 0) is 42.4 Å². The third-order valence-electron chi connectivity index (χ3n) is 3.21. The van der Waals surface area contributed by atoms with E-state index in [9.17, 15) is 0 Å². The molecule has 1 aromatic carbocycles. The Morgan fingerprint density at radius 3 is 2.70 bits per heavy atom. The molecule has 4 heteroatoms. The maximum absolute atomic E-state index is 5.29. The Morgan fingerprint density at radius 1 is 1.20 bits per heavy atom. The highest BCUT2D eigenvalue weighted by atomic mass is 79.9. The summed E-state index contributed by atoms with van der Waals surface area (Å²) in [5.41, 5.74) is 2.32. The summed E-state index contributed by atoms with van der Waals surface area (Å²) < 4.78 is 6.40. The lowest BCUT2D eigenvalue weighted by Gasteiger charge is -2.21. The second-order valence-electron chi connectivity index (χ2n) is 4.58. The molecule has 0 aliphatic heterocycles. The predicted octanol–water partition coefficient (Wildman–Crippen LogP) is 3.87. The Kier molecular flexibility index (Phi) is 5.56. The summed E-state index contributed by atoms with van der Waals surface area (Å²) in [4.78, 5) is 6.74. The van der Waals surface area contributed by atoms with Crippen LogP contribution < -0.4 is 4.74 Å². The second-order valence-corrected chi connectivity index (χ2v) is 5.44. The average Bonchev–Trinajstić information content (AvgIpc) is 2.49. The normalized spacial score (nSPS) is 10.8. The van der Waals surface area contributed by atoms with Crippen LogP contribution in [0.5, 0.6) is 5.75 Å². The Bertz CT molecular complexity index is 545. The van der Waals surface area contributed by atoms with Crippen molar-refractivity contribution in [3.8, 4) is 5.75 Å². The van der Waals surface area contributed by atoms with Crippen molar-refractivity contribution in [1.82, 2.24) is 9.88 Å². The van der Waals surface area contributed by atoms with Gasteiger partial charge in [0.1, 0.15) is 5.75 Å². The van der Waals surface area contributed by atoms with Crippen LogP contribution in [0, 0.1) is 0 Å². The molecule has 2 rings (SSSR count). The van der Waals surface area contributed by atoms with Crippen molar-refractivity contribution in [1.29, 1.82) is 0 Å². The van der Waals surface area contributed by atoms with Crippen molar-refractivity contribution in [3.63, 3.8) is 0 Å². The van der Waals surface area contributed by atoms with E-state index in [1.54, 1.807) is 7.11 Å². The van der Waals surface area contributed by atoms with Crippen molar-refractivity contribution in [3.05, 3.63) is 58.3 Å². The molecular formula is C16H19BrN2O. The highest BCUT2D eigenvalue weighted by Gasteiger charge is 2.09. The van der Waals surface area contributed by atoms with Crippen LogP contribution in [0.25, 0.3) is 0 Å². The van der Waals surface area contributed by atoms with E-state index in [-0.39, 0.29) is 0 Å². The Balaban J connectivity index is 2.10. The van der Waals surface area contributed by atoms with E-state index in [0.717, 1.165) is 35.6 Å². The molecule has 0 atom stereocenters. The summed E-state index contributed by atoms with van der Waals surface area (Å²) in [5.74, 6) is 0.886. The first-order chi connectivity index (χ1) is 9.72. The molecule has 0 saturated carbocycles. The van der Waals surface area contributed by atoms with Gasteiger partial charge < -0.3 is 4.74 Å². The van der Waals surface area contributed by atoms with E-state index < -0.39 is 0 Å². The van der Waals surface area contributed by atoms with Crippen molar-refractivity contribution < 1.29 is 4.74 Å². The van der Waals surface area contributed by atoms with Gasteiger partial charge in [0.2, 0.25) is 0 Å². The minimum atomic E-state index is 0.848. The number of benzene rings is 1. The van der Waals surface area contributed by atoms with Crippen LogP contribution in [-0.4, -0.2) is 23.5 Å². The summed E-state index contributed by atoms with van der Waals surface area (Å²) in [5, 5.41) is 0. The van der Waals surface area contributed by atoms with Crippen molar-refractivity contribution in [2.45, 2.75) is 20.0 Å². The van der Waals surface area contributed by atoms with Crippen molar-refractivity contribution >= 4 is 15.9 Å². The lowest BCUT2D eigenvalue weighted by atomic mass is 10.2. The fourth-order valence-electron chi connectivity index (χ4n) is 2.04. The Labute approximate surface area is 128 Å². The first kappa shape index (κ1) is 15.0. The van der Waals surface area contributed by atoms with Crippen LogP contribution in [0.1, 0.15) is 18.2 Å². The van der Waals surface area contributed by atoms with E-state index in [4.69, 9.17) is 4.74 Å². The molecule has 2 aromatic rings. The zero-order valence-electron chi connectivity index (χ0n) is 11.8. The number of pyridine rings is 1. The van der Waals surface area contributed by atoms with Crippen LogP contribution in [0.15, 0.2) is 47.1 Å². The lowest BCUT2D eigenvalue weighted by Crippen LogP contribution is -2.23. The molecule has 1 aromatic heterocycles. The molecule has 0 aliphatic carbocycles. The van der Waals surface area contributed by atoms with Crippen molar-refractivity contribution in [2.24, 2.45) is 0 Å². The van der Waals surface area contributed by atoms with Crippen LogP contribution in [0.2, 0.25) is 0 Å². The lowest BCUT2D eigenvalue weighted by molar-refractivity contribution is 0.267. The Morgan fingerprint density at radius 2 is 2.05 bits per heavy atom. The zero-order valence-corrected chi connectivity index (χ0v) is 13.4. The quantitative estimate of drug-likeness (QED) is 0.801. The van der Waals surface area contributed by atoms with Gasteiger partial charge in [-0.2, -0.15) is 0 Å². The molecule has 0 radical (unpaired) electrons. The maximum atomic E-state index is 5.29. The van der Waals surface area contributed by atoms with Gasteiger partial charge in [0.05, 0.1) is 12.8 Å². The first-order valence-corrected chi connectivity index (χ1v) is 7.47. The number of rotatable bonds is 6. The van der Waals surface area contributed by atoms with Gasteiger partial charge in [-0.1, -0.05) is 28.9 Å². The summed E-state index contributed by atoms with van der Waals surface area (Å²) in [7, 11) is 1.69. The van der Waals surface area contributed by atoms with E-state index in [1.165, 1.54) is 5.56 Å². The monoisotopic (exact) mass is 334 g/mol. The minimum absolute atomic E-state index is 0.848. The average molecular weight is 335 g/mol. The molecule has 20 heavy (non-hydrogen) atoms. The topological polar surface area (TPSA) is 25.4 Å². The number of hydrogen-bond acceptors (Lipinski definition) is 3. The van der Waals surface area contributed by atoms with Crippen LogP contribution in [0.4, 0.5) is 0 Å². The van der Waals surface area contributed by atoms with Crippen molar-refractivity contribution in [2.75, 3.05) is 13.7 Å². The number of aromatic nitrogens is 1. The van der Waals surface area contributed by atoms with Gasteiger partial charge in [-0.15, -0.1) is 0 Å². The van der Waals surface area contributed by atoms with Gasteiger partial charge in [-0.25, -0.2) is 0 Å². The molecule has 0 bridgehead atoms. The summed E-state index contributed by atoms with van der Waals surface area (Å²) in [6.07, 6.45) is 1.84. The molecule has 0 N–H and O–H groups in total. The van der Waals surface area contributed by atoms with Gasteiger partial charge >= 0.3 is 0 Å². The summed E-state index contributed by atoms with van der Waals surface area (Å²) >= 11 is 3.60. The van der Waals surface area contributed by atoms with E-state index >= 15 is 0 Å². The van der Waals surface area contributed by atoms with Crippen LogP contribution >= 0.6 is 15.9 Å². The van der Waals surface area contributed by atoms with Gasteiger partial charge in [0.25, 0.3) is 0 Å². The van der Waals surface area contributed by atoms with Gasteiger partial charge in [-0.3, -0.25) is 9.88 Å². The number of nitrogens with zero attached hydrogens (tertiary/aromatic N) is 2. The van der Waals surface area contributed by atoms with E-state index in [2.05, 4.69) is 44.9 Å². The predicted molar refractivity (Wildman–Crippen MR) is 84.7 cm³/mol. The molecule has 0 unspecified atom stereocenters. The molecule has 0 aliphatic rings. The molecule has 106 valence electrons. The number of halogens is 1. The molecule has 3 nitrogen and oxygen atoms in total. The van der Waals surface area contributed by atoms with E-state index in [0.29, 0.717) is 0 Å². The summed E-state index contributed by atoms with van der Waals surface area (Å²) in [6, 6.07) is 12.1. The fraction of sp³-hybridized carbons (Fsp3) is 0.312. The Hall–Kier alpha value is -1.39. The number of methoxy groups -OCH3 is 1. The third-order valence-corrected chi connectivity index (χ3v) is 3.98. The fourth-order valence-corrected chi connectivity index (χ4v) is 2.41. The zero-order chi connectivity index (χ0) is 14.4. The second kappa shape index (κ2) is 7.41. The van der Waals surface area contributed by atoms with Crippen LogP contribution in [-0.2, 0) is 13.1 Å². The maximum Gasteiger partial charge on any atom is 0.119 e. The number of ether oxygens (including phenoxy) is 1. The van der Waals surface area contributed by atoms with Gasteiger partial charge in [0.15, 0.2) is 0 Å². The highest BCUT2D eigenvalue weighted by molar-refractivity contribution is 9.10. The number of hydrogen-bond donors (Lipinski definition) is 0. The molecule has 1 heterocycles. The molecule has 0 amide bonds. The molecular weight excluding hydrogens is 316 g/mol. The smallest absolute Gasteiger partial charge is 0.119 e. The van der Waals surface area contributed by atoms with E-state index in [1.807, 2.05) is 30.5 Å². The largest absolute Gasteiger partial charge is 0.497 e. The molecule has 0 fully saturated rings. The SMILES string of the molecule is CCN(Cc1ccccn1)Cc1cc(OC)ccc1Br. The standard InChI is InChI=1S/C16H19BrN2O/c1-3-19(12-14-6-4-5-9-18-14)11-13-10-15(20-2)7-8-16(13)17/h4-10H,3,11-12H2,1-2H3. The summed E-state index contributed by atoms with van der Waals surface area (Å²) in [6.45, 7) is 4.85. The third kappa shape index (κ3) is 4.05. The highest BCUT2D eigenvalue weighted by Crippen LogP contribution is 2.24. The van der Waals surface area contributed by atoms with Gasteiger partial charge in [0, 0.05) is 23.8 Å². The first-order valence-electron chi connectivity index (χ1n) is 6.67.